The van der Waals surface area contributed by atoms with Crippen LogP contribution in [0.1, 0.15) is 25.8 Å². The largest absolute Gasteiger partial charge is 0.299 e. The number of aromatic nitrogens is 2. The molecule has 0 fully saturated rings. The Morgan fingerprint density at radius 2 is 2.31 bits per heavy atom. The zero-order valence-electron chi connectivity index (χ0n) is 8.45. The molecule has 0 N–H and O–H groups in total. The van der Waals surface area contributed by atoms with Gasteiger partial charge in [-0.15, -0.1) is 0 Å². The number of carbonyl (C=O) groups is 1. The molecule has 1 rings (SSSR count). The van der Waals surface area contributed by atoms with Gasteiger partial charge in [0, 0.05) is 25.6 Å². The molecule has 1 heterocycles. The van der Waals surface area contributed by atoms with Crippen LogP contribution in [-0.4, -0.2) is 15.6 Å². The third-order valence-electron chi connectivity index (χ3n) is 2.06. The zero-order chi connectivity index (χ0) is 9.84. The summed E-state index contributed by atoms with van der Waals surface area (Å²) in [7, 11) is 1.88. The van der Waals surface area contributed by atoms with Crippen LogP contribution in [0.3, 0.4) is 0 Å². The molecule has 0 spiro atoms. The molecule has 0 radical (unpaired) electrons. The van der Waals surface area contributed by atoms with Gasteiger partial charge in [0.1, 0.15) is 5.78 Å². The maximum atomic E-state index is 11.3. The molecule has 0 saturated heterocycles. The first-order valence-corrected chi connectivity index (χ1v) is 4.60. The highest BCUT2D eigenvalue weighted by atomic mass is 16.1. The van der Waals surface area contributed by atoms with Gasteiger partial charge in [-0.2, -0.15) is 5.10 Å². The normalized spacial score (nSPS) is 10.8. The lowest BCUT2D eigenvalue weighted by Gasteiger charge is -2.01. The second-order valence-corrected chi connectivity index (χ2v) is 3.64. The quantitative estimate of drug-likeness (QED) is 0.705. The van der Waals surface area contributed by atoms with Gasteiger partial charge < -0.3 is 0 Å². The van der Waals surface area contributed by atoms with E-state index in [1.807, 2.05) is 33.3 Å². The molecule has 0 amide bonds. The summed E-state index contributed by atoms with van der Waals surface area (Å²) in [5.74, 6) is 0.473. The molecule has 0 aliphatic rings. The average molecular weight is 180 g/mol. The van der Waals surface area contributed by atoms with Gasteiger partial charge in [-0.25, -0.2) is 0 Å². The second-order valence-electron chi connectivity index (χ2n) is 3.64. The van der Waals surface area contributed by atoms with E-state index in [2.05, 4.69) is 5.10 Å². The predicted molar refractivity (Wildman–Crippen MR) is 51.4 cm³/mol. The second kappa shape index (κ2) is 4.21. The molecule has 0 saturated carbocycles. The van der Waals surface area contributed by atoms with E-state index in [1.165, 1.54) is 0 Å². The highest BCUT2D eigenvalue weighted by molar-refractivity contribution is 5.80. The third-order valence-corrected chi connectivity index (χ3v) is 2.06. The first-order valence-electron chi connectivity index (χ1n) is 4.60. The van der Waals surface area contributed by atoms with Crippen molar-refractivity contribution in [2.45, 2.75) is 26.7 Å². The van der Waals surface area contributed by atoms with Crippen molar-refractivity contribution in [1.29, 1.82) is 0 Å². The van der Waals surface area contributed by atoms with Crippen LogP contribution < -0.4 is 0 Å². The van der Waals surface area contributed by atoms with E-state index in [-0.39, 0.29) is 5.92 Å². The van der Waals surface area contributed by atoms with Crippen molar-refractivity contribution in [2.75, 3.05) is 0 Å². The van der Waals surface area contributed by atoms with Gasteiger partial charge in [0.05, 0.1) is 6.20 Å². The van der Waals surface area contributed by atoms with Gasteiger partial charge in [-0.3, -0.25) is 9.48 Å². The maximum Gasteiger partial charge on any atom is 0.135 e. The van der Waals surface area contributed by atoms with Crippen LogP contribution in [0.15, 0.2) is 12.4 Å². The van der Waals surface area contributed by atoms with Crippen molar-refractivity contribution in [3.63, 3.8) is 0 Å². The lowest BCUT2D eigenvalue weighted by Crippen LogP contribution is -2.07. The van der Waals surface area contributed by atoms with E-state index in [1.54, 1.807) is 4.68 Å². The Morgan fingerprint density at radius 1 is 1.62 bits per heavy atom. The van der Waals surface area contributed by atoms with Gasteiger partial charge in [-0.05, 0) is 12.0 Å². The molecule has 72 valence electrons. The summed E-state index contributed by atoms with van der Waals surface area (Å²) < 4.78 is 1.76. The fourth-order valence-electron chi connectivity index (χ4n) is 1.16. The van der Waals surface area contributed by atoms with Crippen LogP contribution in [0.4, 0.5) is 0 Å². The number of hydrogen-bond acceptors (Lipinski definition) is 2. The fourth-order valence-corrected chi connectivity index (χ4v) is 1.16. The van der Waals surface area contributed by atoms with Crippen LogP contribution in [0.5, 0.6) is 0 Å². The molecular formula is C10H16N2O. The van der Waals surface area contributed by atoms with E-state index >= 15 is 0 Å². The van der Waals surface area contributed by atoms with E-state index in [0.29, 0.717) is 12.2 Å². The highest BCUT2D eigenvalue weighted by Crippen LogP contribution is 2.05. The van der Waals surface area contributed by atoms with Crippen LogP contribution in [0.2, 0.25) is 0 Å². The Morgan fingerprint density at radius 3 is 2.77 bits per heavy atom. The van der Waals surface area contributed by atoms with Crippen molar-refractivity contribution in [3.8, 4) is 0 Å². The van der Waals surface area contributed by atoms with Gasteiger partial charge in [0.15, 0.2) is 0 Å². The van der Waals surface area contributed by atoms with Gasteiger partial charge >= 0.3 is 0 Å². The fraction of sp³-hybridized carbons (Fsp3) is 0.600. The standard InChI is InChI=1S/C10H16N2O/c1-8(2)10(13)5-4-9-6-11-12(3)7-9/h6-8H,4-5H2,1-3H3. The maximum absolute atomic E-state index is 11.3. The van der Waals surface area contributed by atoms with Crippen LogP contribution >= 0.6 is 0 Å². The number of hydrogen-bond donors (Lipinski definition) is 0. The van der Waals surface area contributed by atoms with Gasteiger partial charge in [0.2, 0.25) is 0 Å². The van der Waals surface area contributed by atoms with Crippen molar-refractivity contribution in [2.24, 2.45) is 13.0 Å². The summed E-state index contributed by atoms with van der Waals surface area (Å²) in [5, 5.41) is 4.04. The van der Waals surface area contributed by atoms with Crippen molar-refractivity contribution in [3.05, 3.63) is 18.0 Å². The van der Waals surface area contributed by atoms with Crippen molar-refractivity contribution in [1.82, 2.24) is 9.78 Å². The molecule has 3 heteroatoms. The number of rotatable bonds is 4. The third kappa shape index (κ3) is 3.01. The molecule has 3 nitrogen and oxygen atoms in total. The van der Waals surface area contributed by atoms with Crippen molar-refractivity contribution >= 4 is 5.78 Å². The minimum atomic E-state index is 0.150. The van der Waals surface area contributed by atoms with Gasteiger partial charge in [-0.1, -0.05) is 13.8 Å². The molecule has 0 aromatic carbocycles. The first kappa shape index (κ1) is 9.96. The van der Waals surface area contributed by atoms with Crippen LogP contribution in [-0.2, 0) is 18.3 Å². The average Bonchev–Trinajstić information content (AvgIpc) is 2.47. The summed E-state index contributed by atoms with van der Waals surface area (Å²) in [4.78, 5) is 11.3. The van der Waals surface area contributed by atoms with Crippen LogP contribution in [0.25, 0.3) is 0 Å². The monoisotopic (exact) mass is 180 g/mol. The number of carbonyl (C=O) groups excluding carboxylic acids is 1. The molecule has 1 aromatic heterocycles. The first-order chi connectivity index (χ1) is 6.09. The topological polar surface area (TPSA) is 34.9 Å². The molecule has 0 bridgehead atoms. The SMILES string of the molecule is CC(C)C(=O)CCc1cnn(C)c1. The van der Waals surface area contributed by atoms with E-state index in [0.717, 1.165) is 12.0 Å². The molecule has 13 heavy (non-hydrogen) atoms. The molecule has 0 aliphatic heterocycles. The molecule has 1 aromatic rings. The summed E-state index contributed by atoms with van der Waals surface area (Å²) in [6.07, 6.45) is 5.20. The lowest BCUT2D eigenvalue weighted by molar-refractivity contribution is -0.121. The highest BCUT2D eigenvalue weighted by Gasteiger charge is 2.07. The Kier molecular flexibility index (Phi) is 3.23. The smallest absolute Gasteiger partial charge is 0.135 e. The van der Waals surface area contributed by atoms with Crippen LogP contribution in [0, 0.1) is 5.92 Å². The number of Topliss-reactive ketones (excluding diaryl/α,β-unsaturated/α-hetero) is 1. The predicted octanol–water partition coefficient (Wildman–Crippen LogP) is 1.58. The molecule has 0 unspecified atom stereocenters. The number of ketones is 1. The molecular weight excluding hydrogens is 164 g/mol. The minimum absolute atomic E-state index is 0.150. The summed E-state index contributed by atoms with van der Waals surface area (Å²) in [6.45, 7) is 3.87. The minimum Gasteiger partial charge on any atom is -0.299 e. The van der Waals surface area contributed by atoms with E-state index in [9.17, 15) is 4.79 Å². The summed E-state index contributed by atoms with van der Waals surface area (Å²) >= 11 is 0. The van der Waals surface area contributed by atoms with E-state index in [4.69, 9.17) is 0 Å². The molecule has 0 aliphatic carbocycles. The Balaban J connectivity index is 2.39. The Labute approximate surface area is 78.8 Å². The van der Waals surface area contributed by atoms with Gasteiger partial charge in [0.25, 0.3) is 0 Å². The number of aryl methyl sites for hydroxylation is 2. The lowest BCUT2D eigenvalue weighted by atomic mass is 10.0. The summed E-state index contributed by atoms with van der Waals surface area (Å²) in [5.41, 5.74) is 1.14. The van der Waals surface area contributed by atoms with E-state index < -0.39 is 0 Å². The van der Waals surface area contributed by atoms with Crippen molar-refractivity contribution < 1.29 is 4.79 Å². The number of nitrogens with zero attached hydrogens (tertiary/aromatic N) is 2. The summed E-state index contributed by atoms with van der Waals surface area (Å²) in [6, 6.07) is 0. The zero-order valence-corrected chi connectivity index (χ0v) is 8.45. The molecule has 0 atom stereocenters. The Bertz CT molecular complexity index is 289. The Hall–Kier alpha value is -1.12.